The average Bonchev–Trinajstić information content (AvgIpc) is 2.33. The molecule has 0 aliphatic rings. The number of alkyl halides is 3. The van der Waals surface area contributed by atoms with E-state index in [0.29, 0.717) is 10.5 Å². The van der Waals surface area contributed by atoms with Gasteiger partial charge in [-0.25, -0.2) is 4.90 Å². The van der Waals surface area contributed by atoms with E-state index in [0.717, 1.165) is 10.8 Å². The fraction of sp³-hybridized carbons (Fsp3) is 0.429. The highest BCUT2D eigenvalue weighted by molar-refractivity contribution is 9.11. The van der Waals surface area contributed by atoms with Crippen LogP contribution in [0.25, 0.3) is 0 Å². The Hall–Kier alpha value is -0.0700. The van der Waals surface area contributed by atoms with Crippen molar-refractivity contribution in [2.45, 2.75) is 12.8 Å². The van der Waals surface area contributed by atoms with Crippen LogP contribution >= 0.6 is 27.3 Å². The number of thiophene rings is 1. The highest BCUT2D eigenvalue weighted by Gasteiger charge is 2.33. The third-order valence-corrected chi connectivity index (χ3v) is 3.03. The van der Waals surface area contributed by atoms with Gasteiger partial charge < -0.3 is 0 Å². The van der Waals surface area contributed by atoms with Crippen molar-refractivity contribution < 1.29 is 13.2 Å². The first-order valence-electron chi connectivity index (χ1n) is 3.40. The van der Waals surface area contributed by atoms with Crippen molar-refractivity contribution in [3.63, 3.8) is 0 Å². The maximum absolute atomic E-state index is 12.1. The molecule has 1 aromatic heterocycles. The zero-order chi connectivity index (χ0) is 10.1. The molecule has 1 heterocycles. The minimum atomic E-state index is -4.26. The van der Waals surface area contributed by atoms with E-state index in [1.165, 1.54) is 11.3 Å². The largest absolute Gasteiger partial charge is 0.459 e. The molecule has 1 aromatic rings. The van der Waals surface area contributed by atoms with Crippen LogP contribution in [0.3, 0.4) is 0 Å². The average molecular weight is 274 g/mol. The summed E-state index contributed by atoms with van der Waals surface area (Å²) in [4.78, 5) is 0.349. The Bertz CT molecular complexity index is 284. The molecular formula is C7H7BrF3NS. The Morgan fingerprint density at radius 3 is 2.54 bits per heavy atom. The molecule has 0 amide bonds. The summed E-state index contributed by atoms with van der Waals surface area (Å²) in [5.74, 6) is 0. The third-order valence-electron chi connectivity index (χ3n) is 1.47. The molecule has 0 spiro atoms. The minimum Gasteiger partial charge on any atom is -0.213 e. The van der Waals surface area contributed by atoms with Crippen LogP contribution < -0.4 is 0 Å². The summed E-state index contributed by atoms with van der Waals surface area (Å²) >= 11 is 4.57. The smallest absolute Gasteiger partial charge is 0.213 e. The second-order valence-corrected chi connectivity index (χ2v) is 4.87. The molecule has 0 atom stereocenters. The van der Waals surface area contributed by atoms with Crippen molar-refractivity contribution in [1.82, 2.24) is 4.90 Å². The minimum absolute atomic E-state index is 0.106. The van der Waals surface area contributed by atoms with Gasteiger partial charge in [-0.3, -0.25) is 0 Å². The summed E-state index contributed by atoms with van der Waals surface area (Å²) in [7, 11) is 1.03. The molecule has 0 N–H and O–H groups in total. The first-order valence-corrected chi connectivity index (χ1v) is 5.08. The molecular weight excluding hydrogens is 267 g/mol. The first-order chi connectivity index (χ1) is 5.89. The number of hydrogen-bond acceptors (Lipinski definition) is 2. The van der Waals surface area contributed by atoms with E-state index in [2.05, 4.69) is 15.9 Å². The first kappa shape index (κ1) is 11.0. The zero-order valence-corrected chi connectivity index (χ0v) is 9.13. The maximum Gasteiger partial charge on any atom is 0.459 e. The summed E-state index contributed by atoms with van der Waals surface area (Å²) < 4.78 is 37.0. The van der Waals surface area contributed by atoms with Crippen molar-refractivity contribution in [3.8, 4) is 0 Å². The molecule has 0 aliphatic heterocycles. The fourth-order valence-corrected chi connectivity index (χ4v) is 1.99. The van der Waals surface area contributed by atoms with E-state index in [1.807, 2.05) is 0 Å². The van der Waals surface area contributed by atoms with Gasteiger partial charge in [-0.05, 0) is 40.0 Å². The lowest BCUT2D eigenvalue weighted by Crippen LogP contribution is -2.33. The Labute approximate surface area is 86.3 Å². The highest BCUT2D eigenvalue weighted by Crippen LogP contribution is 2.25. The third kappa shape index (κ3) is 3.28. The Kier molecular flexibility index (Phi) is 3.37. The monoisotopic (exact) mass is 273 g/mol. The van der Waals surface area contributed by atoms with Crippen molar-refractivity contribution in [3.05, 3.63) is 20.8 Å². The van der Waals surface area contributed by atoms with Crippen molar-refractivity contribution in [2.75, 3.05) is 7.05 Å². The number of rotatable bonds is 2. The topological polar surface area (TPSA) is 3.24 Å². The van der Waals surface area contributed by atoms with E-state index in [1.54, 1.807) is 11.4 Å². The second kappa shape index (κ2) is 3.98. The van der Waals surface area contributed by atoms with Crippen LogP contribution in [-0.4, -0.2) is 18.2 Å². The molecule has 0 saturated heterocycles. The van der Waals surface area contributed by atoms with Crippen LogP contribution in [0.15, 0.2) is 15.2 Å². The summed E-state index contributed by atoms with van der Waals surface area (Å²) in [6.45, 7) is -0.106. The molecule has 0 aliphatic carbocycles. The summed E-state index contributed by atoms with van der Waals surface area (Å²) in [6, 6.07) is 1.69. The van der Waals surface area contributed by atoms with Gasteiger partial charge in [0, 0.05) is 6.54 Å². The van der Waals surface area contributed by atoms with Crippen LogP contribution in [0, 0.1) is 0 Å². The predicted octanol–water partition coefficient (Wildman–Crippen LogP) is 3.46. The molecule has 1 nitrogen and oxygen atoms in total. The molecule has 0 aromatic carbocycles. The normalized spacial score (nSPS) is 12.5. The van der Waals surface area contributed by atoms with Crippen molar-refractivity contribution in [1.29, 1.82) is 0 Å². The lowest BCUT2D eigenvalue weighted by molar-refractivity contribution is -0.240. The van der Waals surface area contributed by atoms with Gasteiger partial charge in [0.25, 0.3) is 0 Å². The standard InChI is InChI=1S/C7H7BrF3NS/c1-12(7(9,10)11)3-5-2-6(8)13-4-5/h2,4H,3H2,1H3. The molecule has 0 fully saturated rings. The van der Waals surface area contributed by atoms with E-state index < -0.39 is 6.30 Å². The SMILES string of the molecule is CN(Cc1csc(Br)c1)C(F)(F)F. The van der Waals surface area contributed by atoms with Gasteiger partial charge in [-0.15, -0.1) is 11.3 Å². The Morgan fingerprint density at radius 2 is 2.15 bits per heavy atom. The molecule has 6 heteroatoms. The molecule has 13 heavy (non-hydrogen) atoms. The van der Waals surface area contributed by atoms with Gasteiger partial charge >= 0.3 is 6.30 Å². The predicted molar refractivity (Wildman–Crippen MR) is 49.5 cm³/mol. The van der Waals surface area contributed by atoms with Crippen LogP contribution in [0.5, 0.6) is 0 Å². The van der Waals surface area contributed by atoms with Crippen LogP contribution in [0.2, 0.25) is 0 Å². The lowest BCUT2D eigenvalue weighted by atomic mass is 10.3. The number of halogens is 4. The Balaban J connectivity index is 2.60. The van der Waals surface area contributed by atoms with E-state index in [9.17, 15) is 13.2 Å². The summed E-state index contributed by atoms with van der Waals surface area (Å²) in [6.07, 6.45) is -4.26. The van der Waals surface area contributed by atoms with Crippen LogP contribution in [0.4, 0.5) is 13.2 Å². The number of hydrogen-bond donors (Lipinski definition) is 0. The van der Waals surface area contributed by atoms with Crippen molar-refractivity contribution >= 4 is 27.3 Å². The molecule has 0 unspecified atom stereocenters. The molecule has 0 bridgehead atoms. The van der Waals surface area contributed by atoms with Gasteiger partial charge in [0.15, 0.2) is 0 Å². The van der Waals surface area contributed by atoms with Gasteiger partial charge in [0.05, 0.1) is 3.79 Å². The fourth-order valence-electron chi connectivity index (χ4n) is 0.792. The van der Waals surface area contributed by atoms with Crippen LogP contribution in [-0.2, 0) is 6.54 Å². The lowest BCUT2D eigenvalue weighted by Gasteiger charge is -2.18. The van der Waals surface area contributed by atoms with E-state index in [-0.39, 0.29) is 6.54 Å². The summed E-state index contributed by atoms with van der Waals surface area (Å²) in [5.41, 5.74) is 0.664. The van der Waals surface area contributed by atoms with E-state index >= 15 is 0 Å². The maximum atomic E-state index is 12.1. The zero-order valence-electron chi connectivity index (χ0n) is 6.73. The molecule has 0 radical (unpaired) electrons. The van der Waals surface area contributed by atoms with Crippen molar-refractivity contribution in [2.24, 2.45) is 0 Å². The second-order valence-electron chi connectivity index (χ2n) is 2.58. The molecule has 74 valence electrons. The van der Waals surface area contributed by atoms with E-state index in [4.69, 9.17) is 0 Å². The van der Waals surface area contributed by atoms with Crippen LogP contribution in [0.1, 0.15) is 5.56 Å². The number of nitrogens with zero attached hydrogens (tertiary/aromatic N) is 1. The Morgan fingerprint density at radius 1 is 1.54 bits per heavy atom. The molecule has 1 rings (SSSR count). The van der Waals surface area contributed by atoms with Gasteiger partial charge in [-0.2, -0.15) is 13.2 Å². The van der Waals surface area contributed by atoms with Gasteiger partial charge in [0.1, 0.15) is 0 Å². The quantitative estimate of drug-likeness (QED) is 0.746. The van der Waals surface area contributed by atoms with Gasteiger partial charge in [-0.1, -0.05) is 0 Å². The highest BCUT2D eigenvalue weighted by atomic mass is 79.9. The van der Waals surface area contributed by atoms with Gasteiger partial charge in [0.2, 0.25) is 0 Å². The molecule has 0 saturated carbocycles. The summed E-state index contributed by atoms with van der Waals surface area (Å²) in [5, 5.41) is 1.70.